The van der Waals surface area contributed by atoms with Crippen molar-refractivity contribution in [1.82, 2.24) is 5.32 Å². The van der Waals surface area contributed by atoms with E-state index in [9.17, 15) is 4.79 Å². The Balaban J connectivity index is 3.19. The molecule has 0 rings (SSSR count). The minimum atomic E-state index is 0.133. The van der Waals surface area contributed by atoms with E-state index in [0.29, 0.717) is 13.0 Å². The SMILES string of the molecule is CC#CCNC(=O)CCCCCCCC. The van der Waals surface area contributed by atoms with Crippen LogP contribution < -0.4 is 5.32 Å². The fourth-order valence-electron chi connectivity index (χ4n) is 1.39. The molecule has 0 saturated heterocycles. The van der Waals surface area contributed by atoms with Gasteiger partial charge in [0.05, 0.1) is 6.54 Å². The summed E-state index contributed by atoms with van der Waals surface area (Å²) in [6.07, 6.45) is 7.99. The van der Waals surface area contributed by atoms with E-state index >= 15 is 0 Å². The molecule has 0 aliphatic carbocycles. The van der Waals surface area contributed by atoms with E-state index in [1.165, 1.54) is 32.1 Å². The lowest BCUT2D eigenvalue weighted by molar-refractivity contribution is -0.120. The van der Waals surface area contributed by atoms with Crippen LogP contribution in [0.25, 0.3) is 0 Å². The molecule has 2 nitrogen and oxygen atoms in total. The van der Waals surface area contributed by atoms with Crippen molar-refractivity contribution >= 4 is 5.91 Å². The lowest BCUT2D eigenvalue weighted by Crippen LogP contribution is -2.22. The van der Waals surface area contributed by atoms with Crippen LogP contribution in [-0.2, 0) is 4.79 Å². The third-order valence-electron chi connectivity index (χ3n) is 2.31. The molecule has 0 unspecified atom stereocenters. The molecule has 0 saturated carbocycles. The first kappa shape index (κ1) is 14.0. The van der Waals surface area contributed by atoms with Crippen LogP contribution in [0.5, 0.6) is 0 Å². The van der Waals surface area contributed by atoms with Gasteiger partial charge < -0.3 is 5.32 Å². The molecule has 0 aliphatic heterocycles. The fourth-order valence-corrected chi connectivity index (χ4v) is 1.39. The molecule has 1 N–H and O–H groups in total. The summed E-state index contributed by atoms with van der Waals surface area (Å²) < 4.78 is 0. The molecule has 15 heavy (non-hydrogen) atoms. The van der Waals surface area contributed by atoms with Crippen LogP contribution in [-0.4, -0.2) is 12.5 Å². The van der Waals surface area contributed by atoms with Crippen LogP contribution >= 0.6 is 0 Å². The molecule has 0 fully saturated rings. The number of carbonyl (C=O) groups excluding carboxylic acids is 1. The Morgan fingerprint density at radius 2 is 1.80 bits per heavy atom. The Bertz CT molecular complexity index is 212. The second kappa shape index (κ2) is 11.1. The van der Waals surface area contributed by atoms with E-state index in [2.05, 4.69) is 24.1 Å². The minimum Gasteiger partial charge on any atom is -0.345 e. The van der Waals surface area contributed by atoms with Gasteiger partial charge in [-0.2, -0.15) is 0 Å². The molecule has 0 aromatic carbocycles. The number of rotatable bonds is 8. The average Bonchev–Trinajstić information content (AvgIpc) is 2.23. The topological polar surface area (TPSA) is 29.1 Å². The number of unbranched alkanes of at least 4 members (excludes halogenated alkanes) is 5. The third kappa shape index (κ3) is 11.0. The number of amides is 1. The number of carbonyl (C=O) groups is 1. The summed E-state index contributed by atoms with van der Waals surface area (Å²) in [6, 6.07) is 0. The Morgan fingerprint density at radius 3 is 2.47 bits per heavy atom. The molecule has 0 radical (unpaired) electrons. The number of nitrogens with one attached hydrogen (secondary N) is 1. The molecule has 86 valence electrons. The summed E-state index contributed by atoms with van der Waals surface area (Å²) in [5.74, 6) is 5.70. The van der Waals surface area contributed by atoms with Crippen molar-refractivity contribution in [2.45, 2.75) is 58.8 Å². The maximum Gasteiger partial charge on any atom is 0.220 e. The van der Waals surface area contributed by atoms with E-state index in [4.69, 9.17) is 0 Å². The lowest BCUT2D eigenvalue weighted by Gasteiger charge is -2.01. The lowest BCUT2D eigenvalue weighted by atomic mass is 10.1. The first-order chi connectivity index (χ1) is 7.31. The van der Waals surface area contributed by atoms with Gasteiger partial charge in [-0.05, 0) is 13.3 Å². The van der Waals surface area contributed by atoms with Crippen molar-refractivity contribution in [2.75, 3.05) is 6.54 Å². The predicted octanol–water partition coefficient (Wildman–Crippen LogP) is 2.88. The van der Waals surface area contributed by atoms with Crippen LogP contribution in [0.2, 0.25) is 0 Å². The maximum atomic E-state index is 11.2. The molecule has 2 heteroatoms. The second-order valence-corrected chi connectivity index (χ2v) is 3.72. The van der Waals surface area contributed by atoms with Crippen LogP contribution in [0.3, 0.4) is 0 Å². The van der Waals surface area contributed by atoms with Crippen LogP contribution in [0.4, 0.5) is 0 Å². The molecule has 0 aliphatic rings. The van der Waals surface area contributed by atoms with Gasteiger partial charge in [0.15, 0.2) is 0 Å². The monoisotopic (exact) mass is 209 g/mol. The first-order valence-electron chi connectivity index (χ1n) is 5.97. The van der Waals surface area contributed by atoms with Gasteiger partial charge >= 0.3 is 0 Å². The summed E-state index contributed by atoms with van der Waals surface area (Å²) in [6.45, 7) is 4.48. The standard InChI is InChI=1S/C13H23NO/c1-3-5-7-8-9-10-11-13(15)14-12-6-4-2/h3,5,7-12H2,1-2H3,(H,14,15). The van der Waals surface area contributed by atoms with Crippen LogP contribution in [0.1, 0.15) is 58.8 Å². The van der Waals surface area contributed by atoms with Gasteiger partial charge in [-0.1, -0.05) is 44.9 Å². The van der Waals surface area contributed by atoms with Crippen LogP contribution in [0, 0.1) is 11.8 Å². The largest absolute Gasteiger partial charge is 0.345 e. The van der Waals surface area contributed by atoms with Gasteiger partial charge in [0.1, 0.15) is 0 Å². The molecule has 0 heterocycles. The highest BCUT2D eigenvalue weighted by Crippen LogP contribution is 2.06. The summed E-state index contributed by atoms with van der Waals surface area (Å²) >= 11 is 0. The molecular weight excluding hydrogens is 186 g/mol. The van der Waals surface area contributed by atoms with Gasteiger partial charge in [-0.25, -0.2) is 0 Å². The molecule has 0 spiro atoms. The van der Waals surface area contributed by atoms with Crippen molar-refractivity contribution in [1.29, 1.82) is 0 Å². The molecule has 0 aromatic heterocycles. The van der Waals surface area contributed by atoms with E-state index in [0.717, 1.165) is 6.42 Å². The van der Waals surface area contributed by atoms with Gasteiger partial charge in [0.2, 0.25) is 5.91 Å². The summed E-state index contributed by atoms with van der Waals surface area (Å²) in [7, 11) is 0. The highest BCUT2D eigenvalue weighted by atomic mass is 16.1. The van der Waals surface area contributed by atoms with E-state index in [1.54, 1.807) is 6.92 Å². The zero-order valence-electron chi connectivity index (χ0n) is 10.1. The fraction of sp³-hybridized carbons (Fsp3) is 0.769. The third-order valence-corrected chi connectivity index (χ3v) is 2.31. The molecule has 0 atom stereocenters. The number of hydrogen-bond donors (Lipinski definition) is 1. The summed E-state index contributed by atoms with van der Waals surface area (Å²) in [5, 5.41) is 2.77. The van der Waals surface area contributed by atoms with Crippen molar-refractivity contribution in [3.05, 3.63) is 0 Å². The van der Waals surface area contributed by atoms with Gasteiger partial charge in [-0.15, -0.1) is 5.92 Å². The maximum absolute atomic E-state index is 11.2. The van der Waals surface area contributed by atoms with Crippen molar-refractivity contribution < 1.29 is 4.79 Å². The molecule has 0 aromatic rings. The van der Waals surface area contributed by atoms with E-state index in [1.807, 2.05) is 0 Å². The van der Waals surface area contributed by atoms with Crippen molar-refractivity contribution in [3.63, 3.8) is 0 Å². The number of hydrogen-bond acceptors (Lipinski definition) is 1. The quantitative estimate of drug-likeness (QED) is 0.483. The van der Waals surface area contributed by atoms with Crippen molar-refractivity contribution in [2.24, 2.45) is 0 Å². The Morgan fingerprint density at radius 1 is 1.13 bits per heavy atom. The zero-order chi connectivity index (χ0) is 11.4. The average molecular weight is 209 g/mol. The molecular formula is C13H23NO. The smallest absolute Gasteiger partial charge is 0.220 e. The van der Waals surface area contributed by atoms with Gasteiger partial charge in [0.25, 0.3) is 0 Å². The highest BCUT2D eigenvalue weighted by molar-refractivity contribution is 5.76. The van der Waals surface area contributed by atoms with Crippen molar-refractivity contribution in [3.8, 4) is 11.8 Å². The van der Waals surface area contributed by atoms with E-state index in [-0.39, 0.29) is 5.91 Å². The Kier molecular flexibility index (Phi) is 10.4. The molecule has 0 bridgehead atoms. The van der Waals surface area contributed by atoms with E-state index < -0.39 is 0 Å². The van der Waals surface area contributed by atoms with Crippen LogP contribution in [0.15, 0.2) is 0 Å². The van der Waals surface area contributed by atoms with Gasteiger partial charge in [0, 0.05) is 6.42 Å². The van der Waals surface area contributed by atoms with Gasteiger partial charge in [-0.3, -0.25) is 4.79 Å². The summed E-state index contributed by atoms with van der Waals surface area (Å²) in [4.78, 5) is 11.2. The molecule has 1 amide bonds. The zero-order valence-corrected chi connectivity index (χ0v) is 10.1. The Hall–Kier alpha value is -0.970. The first-order valence-corrected chi connectivity index (χ1v) is 5.97. The highest BCUT2D eigenvalue weighted by Gasteiger charge is 1.98. The minimum absolute atomic E-state index is 0.133. The second-order valence-electron chi connectivity index (χ2n) is 3.72. The summed E-state index contributed by atoms with van der Waals surface area (Å²) in [5.41, 5.74) is 0. The normalized spacial score (nSPS) is 9.20. The predicted molar refractivity (Wildman–Crippen MR) is 64.5 cm³/mol. The Labute approximate surface area is 93.8 Å².